The molecule has 1 aliphatic rings. The monoisotopic (exact) mass is 206 g/mol. The van der Waals surface area contributed by atoms with Gasteiger partial charge in [0, 0.05) is 5.69 Å². The number of aryl methyl sites for hydroxylation is 1. The van der Waals surface area contributed by atoms with E-state index >= 15 is 0 Å². The Hall–Kier alpha value is -1.35. The maximum Gasteiger partial charge on any atom is 0.241 e. The van der Waals surface area contributed by atoms with Gasteiger partial charge in [0.1, 0.15) is 0 Å². The Balaban J connectivity index is 0.000000531. The van der Waals surface area contributed by atoms with Crippen molar-refractivity contribution in [1.82, 2.24) is 0 Å². The summed E-state index contributed by atoms with van der Waals surface area (Å²) in [5.41, 5.74) is 7.72. The van der Waals surface area contributed by atoms with Crippen LogP contribution in [0.3, 0.4) is 0 Å². The Morgan fingerprint density at radius 2 is 2.00 bits per heavy atom. The fraction of sp³-hybridized carbons (Fsp3) is 0.417. The standard InChI is InChI=1S/C10H12N2O.C2H6/c11-8-6-5-7-3-1-2-4-9(7)12-10(8)13;1-2/h1-4,8H,5-6,11H2,(H,12,13);1-2H3. The zero-order valence-electron chi connectivity index (χ0n) is 9.29. The minimum Gasteiger partial charge on any atom is -0.324 e. The highest BCUT2D eigenvalue weighted by molar-refractivity contribution is 5.96. The number of nitrogens with one attached hydrogen (secondary N) is 1. The molecule has 0 saturated carbocycles. The highest BCUT2D eigenvalue weighted by atomic mass is 16.2. The SMILES string of the molecule is CC.NC1CCc2ccccc2NC1=O. The third kappa shape index (κ3) is 2.80. The fourth-order valence-electron chi connectivity index (χ4n) is 1.53. The number of anilines is 1. The number of carbonyl (C=O) groups excluding carboxylic acids is 1. The van der Waals surface area contributed by atoms with E-state index in [4.69, 9.17) is 5.73 Å². The van der Waals surface area contributed by atoms with Crippen LogP contribution in [0.1, 0.15) is 25.8 Å². The first kappa shape index (κ1) is 11.7. The van der Waals surface area contributed by atoms with Gasteiger partial charge in [0.25, 0.3) is 0 Å². The third-order valence-corrected chi connectivity index (χ3v) is 2.34. The van der Waals surface area contributed by atoms with Crippen molar-refractivity contribution < 1.29 is 4.79 Å². The van der Waals surface area contributed by atoms with Crippen LogP contribution in [0, 0.1) is 0 Å². The van der Waals surface area contributed by atoms with Gasteiger partial charge in [-0.2, -0.15) is 0 Å². The van der Waals surface area contributed by atoms with Gasteiger partial charge in [0.05, 0.1) is 6.04 Å². The van der Waals surface area contributed by atoms with E-state index in [1.54, 1.807) is 0 Å². The molecule has 3 heteroatoms. The van der Waals surface area contributed by atoms with E-state index in [1.165, 1.54) is 5.56 Å². The van der Waals surface area contributed by atoms with E-state index in [0.717, 1.165) is 18.5 Å². The highest BCUT2D eigenvalue weighted by Gasteiger charge is 2.18. The second kappa shape index (κ2) is 5.51. The molecule has 1 aliphatic heterocycles. The van der Waals surface area contributed by atoms with Gasteiger partial charge in [-0.1, -0.05) is 32.0 Å². The molecule has 0 bridgehead atoms. The van der Waals surface area contributed by atoms with Gasteiger partial charge in [-0.3, -0.25) is 4.79 Å². The van der Waals surface area contributed by atoms with Gasteiger partial charge in [-0.15, -0.1) is 0 Å². The van der Waals surface area contributed by atoms with Crippen molar-refractivity contribution in [3.05, 3.63) is 29.8 Å². The average molecular weight is 206 g/mol. The van der Waals surface area contributed by atoms with Gasteiger partial charge < -0.3 is 11.1 Å². The molecule has 82 valence electrons. The summed E-state index contributed by atoms with van der Waals surface area (Å²) in [5, 5.41) is 2.81. The number of fused-ring (bicyclic) bond motifs is 1. The van der Waals surface area contributed by atoms with Crippen LogP contribution in [-0.2, 0) is 11.2 Å². The van der Waals surface area contributed by atoms with Gasteiger partial charge in [0.15, 0.2) is 0 Å². The number of nitrogens with two attached hydrogens (primary N) is 1. The maximum absolute atomic E-state index is 11.3. The lowest BCUT2D eigenvalue weighted by molar-refractivity contribution is -0.117. The first-order valence-corrected chi connectivity index (χ1v) is 5.42. The van der Waals surface area contributed by atoms with Crippen molar-refractivity contribution >= 4 is 11.6 Å². The normalized spacial score (nSPS) is 19.1. The Morgan fingerprint density at radius 3 is 2.73 bits per heavy atom. The lowest BCUT2D eigenvalue weighted by Crippen LogP contribution is -2.34. The van der Waals surface area contributed by atoms with Crippen LogP contribution in [0.15, 0.2) is 24.3 Å². The van der Waals surface area contributed by atoms with Crippen molar-refractivity contribution in [2.24, 2.45) is 5.73 Å². The summed E-state index contributed by atoms with van der Waals surface area (Å²) >= 11 is 0. The number of carbonyl (C=O) groups is 1. The molecule has 0 spiro atoms. The molecule has 1 amide bonds. The van der Waals surface area contributed by atoms with Crippen LogP contribution in [0.2, 0.25) is 0 Å². The summed E-state index contributed by atoms with van der Waals surface area (Å²) < 4.78 is 0. The van der Waals surface area contributed by atoms with E-state index in [0.29, 0.717) is 0 Å². The van der Waals surface area contributed by atoms with Gasteiger partial charge in [0.2, 0.25) is 5.91 Å². The molecule has 0 aromatic heterocycles. The summed E-state index contributed by atoms with van der Waals surface area (Å²) in [7, 11) is 0. The Labute approximate surface area is 90.7 Å². The summed E-state index contributed by atoms with van der Waals surface area (Å²) in [6, 6.07) is 7.45. The van der Waals surface area contributed by atoms with E-state index in [1.807, 2.05) is 38.1 Å². The average Bonchev–Trinajstić information content (AvgIpc) is 2.43. The highest BCUT2D eigenvalue weighted by Crippen LogP contribution is 2.20. The minimum atomic E-state index is -0.368. The largest absolute Gasteiger partial charge is 0.324 e. The van der Waals surface area contributed by atoms with Gasteiger partial charge in [-0.25, -0.2) is 0 Å². The number of hydrogen-bond donors (Lipinski definition) is 2. The molecule has 0 fully saturated rings. The summed E-state index contributed by atoms with van der Waals surface area (Å²) in [5.74, 6) is -0.0787. The first-order valence-electron chi connectivity index (χ1n) is 5.42. The zero-order chi connectivity index (χ0) is 11.3. The summed E-state index contributed by atoms with van der Waals surface area (Å²) in [6.45, 7) is 4.00. The number of para-hydroxylation sites is 1. The molecule has 0 aliphatic carbocycles. The van der Waals surface area contributed by atoms with Crippen molar-refractivity contribution in [3.63, 3.8) is 0 Å². The molecular formula is C12H18N2O. The summed E-state index contributed by atoms with van der Waals surface area (Å²) in [4.78, 5) is 11.3. The van der Waals surface area contributed by atoms with Crippen LogP contribution in [0.25, 0.3) is 0 Å². The van der Waals surface area contributed by atoms with Crippen molar-refractivity contribution in [3.8, 4) is 0 Å². The number of benzene rings is 1. The Morgan fingerprint density at radius 1 is 1.33 bits per heavy atom. The number of rotatable bonds is 0. The molecule has 3 N–H and O–H groups in total. The second-order valence-electron chi connectivity index (χ2n) is 3.29. The fourth-order valence-corrected chi connectivity index (χ4v) is 1.53. The van der Waals surface area contributed by atoms with Crippen LogP contribution < -0.4 is 11.1 Å². The lowest BCUT2D eigenvalue weighted by atomic mass is 10.1. The maximum atomic E-state index is 11.3. The molecule has 2 rings (SSSR count). The van der Waals surface area contributed by atoms with Crippen molar-refractivity contribution in [2.45, 2.75) is 32.7 Å². The molecular weight excluding hydrogens is 188 g/mol. The lowest BCUT2D eigenvalue weighted by Gasteiger charge is -2.06. The minimum absolute atomic E-state index is 0.0787. The molecule has 1 aromatic rings. The quantitative estimate of drug-likeness (QED) is 0.681. The van der Waals surface area contributed by atoms with E-state index in [-0.39, 0.29) is 11.9 Å². The third-order valence-electron chi connectivity index (χ3n) is 2.34. The van der Waals surface area contributed by atoms with E-state index < -0.39 is 0 Å². The van der Waals surface area contributed by atoms with Gasteiger partial charge in [-0.05, 0) is 24.5 Å². The van der Waals surface area contributed by atoms with Gasteiger partial charge >= 0.3 is 0 Å². The predicted molar refractivity (Wildman–Crippen MR) is 62.7 cm³/mol. The molecule has 1 aromatic carbocycles. The molecule has 3 nitrogen and oxygen atoms in total. The molecule has 15 heavy (non-hydrogen) atoms. The molecule has 1 atom stereocenters. The predicted octanol–water partition coefficient (Wildman–Crippen LogP) is 1.92. The van der Waals surface area contributed by atoms with Crippen LogP contribution in [-0.4, -0.2) is 11.9 Å². The van der Waals surface area contributed by atoms with E-state index in [9.17, 15) is 4.79 Å². The Kier molecular flexibility index (Phi) is 4.31. The Bertz CT molecular complexity index is 336. The zero-order valence-corrected chi connectivity index (χ0v) is 9.29. The van der Waals surface area contributed by atoms with E-state index in [2.05, 4.69) is 5.32 Å². The first-order chi connectivity index (χ1) is 7.27. The van der Waals surface area contributed by atoms with Crippen LogP contribution in [0.4, 0.5) is 5.69 Å². The number of hydrogen-bond acceptors (Lipinski definition) is 2. The summed E-state index contributed by atoms with van der Waals surface area (Å²) in [6.07, 6.45) is 1.60. The second-order valence-corrected chi connectivity index (χ2v) is 3.29. The topological polar surface area (TPSA) is 55.1 Å². The molecule has 1 unspecified atom stereocenters. The van der Waals surface area contributed by atoms with Crippen molar-refractivity contribution in [1.29, 1.82) is 0 Å². The molecule has 1 heterocycles. The van der Waals surface area contributed by atoms with Crippen LogP contribution in [0.5, 0.6) is 0 Å². The van der Waals surface area contributed by atoms with Crippen molar-refractivity contribution in [2.75, 3.05) is 5.32 Å². The number of amides is 1. The molecule has 0 radical (unpaired) electrons. The smallest absolute Gasteiger partial charge is 0.241 e. The molecule has 0 saturated heterocycles. The van der Waals surface area contributed by atoms with Crippen LogP contribution >= 0.6 is 0 Å².